The number of likely N-dealkylation sites (tertiary alicyclic amines) is 1. The van der Waals surface area contributed by atoms with E-state index in [0.29, 0.717) is 13.1 Å². The van der Waals surface area contributed by atoms with Crippen LogP contribution in [0.3, 0.4) is 0 Å². The summed E-state index contributed by atoms with van der Waals surface area (Å²) in [7, 11) is -1.18. The van der Waals surface area contributed by atoms with Gasteiger partial charge in [0.1, 0.15) is 0 Å². The largest absolute Gasteiger partial charge is 0.356 e. The van der Waals surface area contributed by atoms with Gasteiger partial charge in [-0.2, -0.15) is 0 Å². The predicted molar refractivity (Wildman–Crippen MR) is 127 cm³/mol. The molecule has 2 heterocycles. The fourth-order valence-electron chi connectivity index (χ4n) is 5.13. The Kier molecular flexibility index (Phi) is 9.32. The highest BCUT2D eigenvalue weighted by atomic mass is 127. The van der Waals surface area contributed by atoms with Gasteiger partial charge < -0.3 is 15.1 Å². The minimum Gasteiger partial charge on any atom is -0.356 e. The van der Waals surface area contributed by atoms with Gasteiger partial charge in [-0.25, -0.2) is 8.42 Å². The highest BCUT2D eigenvalue weighted by Gasteiger charge is 2.48. The first-order valence-electron chi connectivity index (χ1n) is 10.9. The van der Waals surface area contributed by atoms with Crippen molar-refractivity contribution in [3.63, 3.8) is 0 Å². The van der Waals surface area contributed by atoms with Crippen LogP contribution in [-0.2, 0) is 9.84 Å². The first kappa shape index (κ1) is 24.2. The van der Waals surface area contributed by atoms with Gasteiger partial charge in [0.15, 0.2) is 15.8 Å². The Bertz CT molecular complexity index is 612. The lowest BCUT2D eigenvalue weighted by atomic mass is 9.87. The number of nitrogens with zero attached hydrogens (tertiary/aromatic N) is 3. The Labute approximate surface area is 188 Å². The maximum Gasteiger partial charge on any atom is 0.193 e. The topological polar surface area (TPSA) is 65.0 Å². The molecular formula is C20H39IN4O2S. The molecule has 0 bridgehead atoms. The van der Waals surface area contributed by atoms with Crippen molar-refractivity contribution in [2.75, 3.05) is 52.1 Å². The molecule has 1 spiro atoms. The van der Waals surface area contributed by atoms with E-state index in [1.165, 1.54) is 38.8 Å². The lowest BCUT2D eigenvalue weighted by Gasteiger charge is -2.45. The Balaban J connectivity index is 0.00000280. The summed E-state index contributed by atoms with van der Waals surface area (Å²) in [4.78, 5) is 9.20. The van der Waals surface area contributed by atoms with Crippen LogP contribution in [0, 0.1) is 5.92 Å². The van der Waals surface area contributed by atoms with Gasteiger partial charge >= 0.3 is 0 Å². The molecule has 0 aromatic rings. The molecule has 0 aromatic heterocycles. The second kappa shape index (κ2) is 10.8. The molecule has 6 nitrogen and oxygen atoms in total. The van der Waals surface area contributed by atoms with Gasteiger partial charge in [-0.3, -0.25) is 4.99 Å². The SMILES string of the molecule is CCN1CCC(CCNC(=NC)N2CCS(=O)(=O)C3(CCCCC3)C2)CC1.I. The maximum atomic E-state index is 12.8. The second-order valence-corrected chi connectivity index (χ2v) is 11.1. The molecule has 8 heteroatoms. The lowest BCUT2D eigenvalue weighted by molar-refractivity contribution is 0.187. The molecule has 0 aromatic carbocycles. The van der Waals surface area contributed by atoms with Gasteiger partial charge in [0.25, 0.3) is 0 Å². The third kappa shape index (κ3) is 5.53. The predicted octanol–water partition coefficient (Wildman–Crippen LogP) is 2.74. The van der Waals surface area contributed by atoms with E-state index >= 15 is 0 Å². The molecule has 2 saturated heterocycles. The van der Waals surface area contributed by atoms with Crippen molar-refractivity contribution in [2.24, 2.45) is 10.9 Å². The molecular weight excluding hydrogens is 487 g/mol. The zero-order chi connectivity index (χ0) is 19.3. The van der Waals surface area contributed by atoms with E-state index < -0.39 is 14.6 Å². The van der Waals surface area contributed by atoms with Crippen LogP contribution in [0.15, 0.2) is 4.99 Å². The Morgan fingerprint density at radius 3 is 2.43 bits per heavy atom. The van der Waals surface area contributed by atoms with E-state index in [4.69, 9.17) is 0 Å². The van der Waals surface area contributed by atoms with Crippen LogP contribution in [0.25, 0.3) is 0 Å². The molecule has 164 valence electrons. The summed E-state index contributed by atoms with van der Waals surface area (Å²) in [5.74, 6) is 1.95. The van der Waals surface area contributed by atoms with Crippen molar-refractivity contribution in [2.45, 2.75) is 63.0 Å². The van der Waals surface area contributed by atoms with Crippen LogP contribution >= 0.6 is 24.0 Å². The van der Waals surface area contributed by atoms with Gasteiger partial charge in [0.05, 0.1) is 10.5 Å². The normalized spacial score (nSPS) is 26.1. The molecule has 3 aliphatic rings. The summed E-state index contributed by atoms with van der Waals surface area (Å²) in [6.45, 7) is 7.97. The summed E-state index contributed by atoms with van der Waals surface area (Å²) in [6, 6.07) is 0. The molecule has 0 amide bonds. The molecule has 28 heavy (non-hydrogen) atoms. The maximum absolute atomic E-state index is 12.8. The van der Waals surface area contributed by atoms with Crippen molar-refractivity contribution in [1.29, 1.82) is 0 Å². The van der Waals surface area contributed by atoms with Crippen molar-refractivity contribution in [1.82, 2.24) is 15.1 Å². The van der Waals surface area contributed by atoms with Crippen molar-refractivity contribution in [3.05, 3.63) is 0 Å². The van der Waals surface area contributed by atoms with E-state index in [0.717, 1.165) is 50.7 Å². The molecule has 1 saturated carbocycles. The van der Waals surface area contributed by atoms with Gasteiger partial charge in [-0.1, -0.05) is 26.2 Å². The third-order valence-corrected chi connectivity index (χ3v) is 9.61. The third-order valence-electron chi connectivity index (χ3n) is 7.03. The van der Waals surface area contributed by atoms with Crippen LogP contribution < -0.4 is 5.32 Å². The van der Waals surface area contributed by atoms with E-state index in [9.17, 15) is 8.42 Å². The quantitative estimate of drug-likeness (QED) is 0.347. The number of sulfone groups is 1. The van der Waals surface area contributed by atoms with Crippen molar-refractivity contribution >= 4 is 39.8 Å². The van der Waals surface area contributed by atoms with E-state index in [1.54, 1.807) is 0 Å². The van der Waals surface area contributed by atoms with Crippen LogP contribution in [0.4, 0.5) is 0 Å². The lowest BCUT2D eigenvalue weighted by Crippen LogP contribution is -2.60. The number of guanidine groups is 1. The van der Waals surface area contributed by atoms with Gasteiger partial charge in [0.2, 0.25) is 0 Å². The molecule has 3 fully saturated rings. The van der Waals surface area contributed by atoms with E-state index in [-0.39, 0.29) is 29.7 Å². The smallest absolute Gasteiger partial charge is 0.193 e. The number of nitrogens with one attached hydrogen (secondary N) is 1. The van der Waals surface area contributed by atoms with Crippen LogP contribution in [-0.4, -0.2) is 81.0 Å². The highest BCUT2D eigenvalue weighted by molar-refractivity contribution is 14.0. The Morgan fingerprint density at radius 1 is 1.14 bits per heavy atom. The summed E-state index contributed by atoms with van der Waals surface area (Å²) < 4.78 is 25.1. The number of piperidine rings is 1. The van der Waals surface area contributed by atoms with Gasteiger partial charge in [0, 0.05) is 26.7 Å². The average molecular weight is 527 g/mol. The van der Waals surface area contributed by atoms with Crippen LogP contribution in [0.5, 0.6) is 0 Å². The number of halogens is 1. The molecule has 2 aliphatic heterocycles. The van der Waals surface area contributed by atoms with E-state index in [1.807, 2.05) is 7.05 Å². The Hall–Kier alpha value is -0.0900. The van der Waals surface area contributed by atoms with Gasteiger partial charge in [-0.15, -0.1) is 24.0 Å². The first-order chi connectivity index (χ1) is 13.0. The monoisotopic (exact) mass is 526 g/mol. The van der Waals surface area contributed by atoms with Crippen molar-refractivity contribution in [3.8, 4) is 0 Å². The number of hydrogen-bond acceptors (Lipinski definition) is 4. The fraction of sp³-hybridized carbons (Fsp3) is 0.950. The summed E-state index contributed by atoms with van der Waals surface area (Å²) in [5.41, 5.74) is 0. The Morgan fingerprint density at radius 2 is 1.82 bits per heavy atom. The highest BCUT2D eigenvalue weighted by Crippen LogP contribution is 2.38. The van der Waals surface area contributed by atoms with Crippen LogP contribution in [0.2, 0.25) is 0 Å². The zero-order valence-corrected chi connectivity index (χ0v) is 20.8. The molecule has 1 aliphatic carbocycles. The molecule has 0 radical (unpaired) electrons. The minimum atomic E-state index is -3.00. The molecule has 1 N–H and O–H groups in total. The van der Waals surface area contributed by atoms with Gasteiger partial charge in [-0.05, 0) is 57.7 Å². The molecule has 0 unspecified atom stereocenters. The average Bonchev–Trinajstić information content (AvgIpc) is 2.69. The zero-order valence-electron chi connectivity index (χ0n) is 17.7. The van der Waals surface area contributed by atoms with Crippen LogP contribution in [0.1, 0.15) is 58.3 Å². The number of rotatable bonds is 4. The molecule has 3 rings (SSSR count). The number of aliphatic imine (C=N–C) groups is 1. The summed E-state index contributed by atoms with van der Waals surface area (Å²) >= 11 is 0. The minimum absolute atomic E-state index is 0. The molecule has 0 atom stereocenters. The first-order valence-corrected chi connectivity index (χ1v) is 12.6. The van der Waals surface area contributed by atoms with Crippen molar-refractivity contribution < 1.29 is 8.42 Å². The second-order valence-electron chi connectivity index (χ2n) is 8.62. The fourth-order valence-corrected chi connectivity index (χ4v) is 7.29. The summed E-state index contributed by atoms with van der Waals surface area (Å²) in [6.07, 6.45) is 8.64. The van der Waals surface area contributed by atoms with E-state index in [2.05, 4.69) is 27.0 Å². The number of hydrogen-bond donors (Lipinski definition) is 1. The summed E-state index contributed by atoms with van der Waals surface area (Å²) in [5, 5.41) is 3.53. The standard InChI is InChI=1S/C20H38N4O2S.HI/c1-3-23-13-8-18(9-14-23)7-12-22-19(21-2)24-15-16-27(25,26)20(17-24)10-5-4-6-11-20;/h18H,3-17H2,1-2H3,(H,21,22);1H.